The van der Waals surface area contributed by atoms with Gasteiger partial charge in [-0.15, -0.1) is 0 Å². The highest BCUT2D eigenvalue weighted by Crippen LogP contribution is 2.28. The molecule has 2 nitrogen and oxygen atoms in total. The first-order valence-electron chi connectivity index (χ1n) is 5.09. The molecule has 4 heteroatoms. The number of rotatable bonds is 2. The van der Waals surface area contributed by atoms with Gasteiger partial charge in [-0.25, -0.2) is 4.85 Å². The van der Waals surface area contributed by atoms with Gasteiger partial charge in [-0.05, 0) is 18.2 Å². The average molecular weight is 276 g/mol. The van der Waals surface area contributed by atoms with Crippen molar-refractivity contribution in [1.29, 1.82) is 0 Å². The molecule has 0 unspecified atom stereocenters. The second kappa shape index (κ2) is 5.22. The molecule has 0 aromatic heterocycles. The zero-order valence-electron chi connectivity index (χ0n) is 9.15. The van der Waals surface area contributed by atoms with Gasteiger partial charge in [0.2, 0.25) is 0 Å². The van der Waals surface area contributed by atoms with Gasteiger partial charge >= 0.3 is 0 Å². The molecule has 0 amide bonds. The van der Waals surface area contributed by atoms with Gasteiger partial charge in [-0.1, -0.05) is 47.5 Å². The van der Waals surface area contributed by atoms with E-state index in [4.69, 9.17) is 29.8 Å². The highest BCUT2D eigenvalue weighted by Gasteiger charge is 2.16. The number of hydrogen-bond acceptors (Lipinski definition) is 1. The third-order valence-electron chi connectivity index (χ3n) is 2.44. The van der Waals surface area contributed by atoms with Gasteiger partial charge in [0.15, 0.2) is 11.5 Å². The summed E-state index contributed by atoms with van der Waals surface area (Å²) in [4.78, 5) is 15.6. The van der Waals surface area contributed by atoms with E-state index < -0.39 is 0 Å². The molecule has 2 aromatic rings. The quantitative estimate of drug-likeness (QED) is 0.571. The summed E-state index contributed by atoms with van der Waals surface area (Å²) in [5, 5.41) is 0.774. The Hall–Kier alpha value is -1.82. The number of hydrogen-bond donors (Lipinski definition) is 0. The van der Waals surface area contributed by atoms with E-state index in [1.54, 1.807) is 30.3 Å². The number of carbonyl (C=O) groups is 1. The van der Waals surface area contributed by atoms with E-state index in [-0.39, 0.29) is 17.0 Å². The number of halogens is 2. The highest BCUT2D eigenvalue weighted by molar-refractivity contribution is 6.35. The van der Waals surface area contributed by atoms with E-state index in [0.29, 0.717) is 15.6 Å². The van der Waals surface area contributed by atoms with Gasteiger partial charge in [0.1, 0.15) is 0 Å². The van der Waals surface area contributed by atoms with Crippen molar-refractivity contribution in [2.75, 3.05) is 0 Å². The lowest BCUT2D eigenvalue weighted by Crippen LogP contribution is -2.02. The SMILES string of the molecule is [C-]#[N+]c1ccc(Cl)cc1C(=O)c1ccccc1Cl. The monoisotopic (exact) mass is 275 g/mol. The first kappa shape index (κ1) is 12.6. The summed E-state index contributed by atoms with van der Waals surface area (Å²) >= 11 is 11.8. The number of benzene rings is 2. The number of carbonyl (C=O) groups excluding carboxylic acids is 1. The molecule has 2 aromatic carbocycles. The van der Waals surface area contributed by atoms with Gasteiger partial charge in [0.05, 0.1) is 11.6 Å². The van der Waals surface area contributed by atoms with Crippen LogP contribution in [0.1, 0.15) is 15.9 Å². The van der Waals surface area contributed by atoms with Crippen molar-refractivity contribution in [3.8, 4) is 0 Å². The molecule has 0 N–H and O–H groups in total. The van der Waals surface area contributed by atoms with Crippen molar-refractivity contribution in [3.63, 3.8) is 0 Å². The maximum Gasteiger partial charge on any atom is 0.198 e. The lowest BCUT2D eigenvalue weighted by Gasteiger charge is -2.05. The van der Waals surface area contributed by atoms with Crippen LogP contribution in [0, 0.1) is 6.57 Å². The van der Waals surface area contributed by atoms with E-state index in [2.05, 4.69) is 4.85 Å². The van der Waals surface area contributed by atoms with Gasteiger partial charge in [-0.3, -0.25) is 4.79 Å². The standard InChI is InChI=1S/C14H7Cl2NO/c1-17-13-7-6-9(15)8-11(13)14(18)10-4-2-3-5-12(10)16/h2-8H. The Morgan fingerprint density at radius 2 is 1.78 bits per heavy atom. The molecule has 18 heavy (non-hydrogen) atoms. The molecule has 88 valence electrons. The second-order valence-electron chi connectivity index (χ2n) is 3.58. The molecular formula is C14H7Cl2NO. The van der Waals surface area contributed by atoms with Crippen molar-refractivity contribution < 1.29 is 4.79 Å². The zero-order valence-corrected chi connectivity index (χ0v) is 10.7. The molecule has 0 aliphatic carbocycles. The summed E-state index contributed by atoms with van der Waals surface area (Å²) in [6.07, 6.45) is 0. The van der Waals surface area contributed by atoms with Crippen LogP contribution in [0.25, 0.3) is 4.85 Å². The molecule has 0 saturated carbocycles. The largest absolute Gasteiger partial charge is 0.290 e. The number of ketones is 1. The number of nitrogens with zero attached hydrogens (tertiary/aromatic N) is 1. The molecule has 0 heterocycles. The molecule has 0 atom stereocenters. The molecular weight excluding hydrogens is 269 g/mol. The minimum atomic E-state index is -0.297. The fourth-order valence-corrected chi connectivity index (χ4v) is 1.97. The van der Waals surface area contributed by atoms with Gasteiger partial charge in [-0.2, -0.15) is 0 Å². The van der Waals surface area contributed by atoms with Crippen molar-refractivity contribution >= 4 is 34.7 Å². The normalized spacial score (nSPS) is 9.83. The summed E-state index contributed by atoms with van der Waals surface area (Å²) in [6.45, 7) is 7.06. The summed E-state index contributed by atoms with van der Waals surface area (Å²) < 4.78 is 0. The van der Waals surface area contributed by atoms with Crippen molar-refractivity contribution in [1.82, 2.24) is 0 Å². The third-order valence-corrected chi connectivity index (χ3v) is 3.01. The van der Waals surface area contributed by atoms with Crippen LogP contribution in [0.15, 0.2) is 42.5 Å². The average Bonchev–Trinajstić information content (AvgIpc) is 2.38. The summed E-state index contributed by atoms with van der Waals surface area (Å²) in [6, 6.07) is 11.3. The lowest BCUT2D eigenvalue weighted by molar-refractivity contribution is 0.104. The Morgan fingerprint density at radius 3 is 2.44 bits per heavy atom. The summed E-state index contributed by atoms with van der Waals surface area (Å²) in [7, 11) is 0. The van der Waals surface area contributed by atoms with E-state index in [1.807, 2.05) is 0 Å². The first-order valence-corrected chi connectivity index (χ1v) is 5.85. The van der Waals surface area contributed by atoms with Crippen LogP contribution in [0.3, 0.4) is 0 Å². The Bertz CT molecular complexity index is 659. The van der Waals surface area contributed by atoms with Crippen LogP contribution in [0.5, 0.6) is 0 Å². The van der Waals surface area contributed by atoms with Crippen LogP contribution >= 0.6 is 23.2 Å². The molecule has 0 aliphatic heterocycles. The van der Waals surface area contributed by atoms with Crippen LogP contribution in [0.2, 0.25) is 10.0 Å². The van der Waals surface area contributed by atoms with E-state index in [1.165, 1.54) is 12.1 Å². The van der Waals surface area contributed by atoms with Gasteiger partial charge < -0.3 is 0 Å². The maximum absolute atomic E-state index is 12.3. The van der Waals surface area contributed by atoms with E-state index >= 15 is 0 Å². The Morgan fingerprint density at radius 1 is 1.06 bits per heavy atom. The smallest absolute Gasteiger partial charge is 0.198 e. The Kier molecular flexibility index (Phi) is 3.66. The maximum atomic E-state index is 12.3. The minimum Gasteiger partial charge on any atom is -0.290 e. The fourth-order valence-electron chi connectivity index (χ4n) is 1.58. The molecule has 0 spiro atoms. The highest BCUT2D eigenvalue weighted by atomic mass is 35.5. The van der Waals surface area contributed by atoms with Crippen LogP contribution in [-0.2, 0) is 0 Å². The Labute approximate surface area is 115 Å². The van der Waals surface area contributed by atoms with Gasteiger partial charge in [0, 0.05) is 16.1 Å². The molecule has 0 radical (unpaired) electrons. The van der Waals surface area contributed by atoms with Crippen molar-refractivity contribution in [3.05, 3.63) is 75.1 Å². The molecule has 0 bridgehead atoms. The second-order valence-corrected chi connectivity index (χ2v) is 4.43. The first-order chi connectivity index (χ1) is 8.63. The van der Waals surface area contributed by atoms with E-state index in [0.717, 1.165) is 0 Å². The lowest BCUT2D eigenvalue weighted by atomic mass is 10.0. The summed E-state index contributed by atoms with van der Waals surface area (Å²) in [5.74, 6) is -0.297. The van der Waals surface area contributed by atoms with Crippen LogP contribution < -0.4 is 0 Å². The topological polar surface area (TPSA) is 21.4 Å². The zero-order chi connectivity index (χ0) is 13.1. The minimum absolute atomic E-state index is 0.268. The third kappa shape index (κ3) is 2.38. The van der Waals surface area contributed by atoms with Crippen molar-refractivity contribution in [2.24, 2.45) is 0 Å². The van der Waals surface area contributed by atoms with Gasteiger partial charge in [0.25, 0.3) is 0 Å². The predicted octanol–water partition coefficient (Wildman–Crippen LogP) is 4.78. The molecule has 0 fully saturated rings. The van der Waals surface area contributed by atoms with Crippen molar-refractivity contribution in [2.45, 2.75) is 0 Å². The molecule has 2 rings (SSSR count). The fraction of sp³-hybridized carbons (Fsp3) is 0. The predicted molar refractivity (Wildman–Crippen MR) is 72.6 cm³/mol. The van der Waals surface area contributed by atoms with Crippen LogP contribution in [-0.4, -0.2) is 5.78 Å². The van der Waals surface area contributed by atoms with Crippen LogP contribution in [0.4, 0.5) is 5.69 Å². The molecule has 0 aliphatic rings. The Balaban J connectivity index is 2.57. The summed E-state index contributed by atoms with van der Waals surface area (Å²) in [5.41, 5.74) is 0.904. The molecule has 0 saturated heterocycles. The van der Waals surface area contributed by atoms with E-state index in [9.17, 15) is 4.79 Å².